The van der Waals surface area contributed by atoms with Crippen molar-refractivity contribution in [2.45, 2.75) is 19.4 Å². The molecule has 7 heteroatoms. The molecule has 0 radical (unpaired) electrons. The minimum atomic E-state index is -1.26. The first-order valence-electron chi connectivity index (χ1n) is 6.37. The Morgan fingerprint density at radius 1 is 1.14 bits per heavy atom. The van der Waals surface area contributed by atoms with E-state index in [9.17, 15) is 14.4 Å². The molecule has 1 rings (SSSR count). The summed E-state index contributed by atoms with van der Waals surface area (Å²) in [6.07, 6.45) is 0.536. The maximum absolute atomic E-state index is 11.7. The second kappa shape index (κ2) is 8.46. The van der Waals surface area contributed by atoms with Crippen molar-refractivity contribution in [2.75, 3.05) is 7.11 Å². The van der Waals surface area contributed by atoms with Crippen molar-refractivity contribution in [3.05, 3.63) is 36.4 Å². The second-order valence-electron chi connectivity index (χ2n) is 4.27. The molecule has 0 aliphatic heterocycles. The second-order valence-corrected chi connectivity index (χ2v) is 4.27. The first-order chi connectivity index (χ1) is 10.4. The molecule has 0 aliphatic rings. The predicted molar refractivity (Wildman–Crippen MR) is 75.6 cm³/mol. The molecule has 0 saturated heterocycles. The molecule has 0 fully saturated rings. The molecule has 0 spiro atoms. The van der Waals surface area contributed by atoms with E-state index in [0.29, 0.717) is 17.6 Å². The average molecular weight is 308 g/mol. The molecule has 22 heavy (non-hydrogen) atoms. The predicted octanol–water partition coefficient (Wildman–Crippen LogP) is 1.56. The van der Waals surface area contributed by atoms with Gasteiger partial charge in [-0.05, 0) is 31.2 Å². The topological polar surface area (TPSA) is 99.1 Å². The third-order valence-corrected chi connectivity index (χ3v) is 2.42. The fourth-order valence-corrected chi connectivity index (χ4v) is 1.47. The minimum Gasteiger partial charge on any atom is -0.497 e. The van der Waals surface area contributed by atoms with Gasteiger partial charge >= 0.3 is 17.9 Å². The fourth-order valence-electron chi connectivity index (χ4n) is 1.47. The Morgan fingerprint density at radius 3 is 2.27 bits per heavy atom. The smallest absolute Gasteiger partial charge is 0.331 e. The maximum Gasteiger partial charge on any atom is 0.331 e. The van der Waals surface area contributed by atoms with Crippen molar-refractivity contribution in [3.63, 3.8) is 0 Å². The number of rotatable bonds is 7. The fraction of sp³-hybridized carbons (Fsp3) is 0.267. The van der Waals surface area contributed by atoms with Gasteiger partial charge < -0.3 is 19.3 Å². The quantitative estimate of drug-likeness (QED) is 0.463. The molecule has 118 valence electrons. The number of methoxy groups -OCH3 is 1. The van der Waals surface area contributed by atoms with E-state index in [2.05, 4.69) is 0 Å². The van der Waals surface area contributed by atoms with E-state index >= 15 is 0 Å². The van der Waals surface area contributed by atoms with Gasteiger partial charge in [0, 0.05) is 12.2 Å². The van der Waals surface area contributed by atoms with E-state index in [4.69, 9.17) is 19.3 Å². The Kier molecular flexibility index (Phi) is 6.62. The van der Waals surface area contributed by atoms with Gasteiger partial charge in [-0.1, -0.05) is 0 Å². The van der Waals surface area contributed by atoms with Crippen molar-refractivity contribution in [3.8, 4) is 11.5 Å². The van der Waals surface area contributed by atoms with Crippen LogP contribution in [0.3, 0.4) is 0 Å². The molecule has 0 amide bonds. The first-order valence-corrected chi connectivity index (χ1v) is 6.37. The number of ether oxygens (including phenoxy) is 3. The number of esters is 2. The van der Waals surface area contributed by atoms with E-state index in [1.807, 2.05) is 0 Å². The molecule has 0 heterocycles. The van der Waals surface area contributed by atoms with Gasteiger partial charge in [0.05, 0.1) is 13.5 Å². The Hall–Kier alpha value is -2.83. The number of aliphatic carboxylic acids is 1. The zero-order valence-electron chi connectivity index (χ0n) is 12.1. The third-order valence-electron chi connectivity index (χ3n) is 2.42. The Balaban J connectivity index is 2.43. The molecular weight excluding hydrogens is 292 g/mol. The number of benzene rings is 1. The van der Waals surface area contributed by atoms with E-state index in [1.54, 1.807) is 24.3 Å². The molecule has 0 saturated carbocycles. The molecule has 1 N–H and O–H groups in total. The molecule has 0 bridgehead atoms. The summed E-state index contributed by atoms with van der Waals surface area (Å²) < 4.78 is 14.9. The summed E-state index contributed by atoms with van der Waals surface area (Å²) in [4.78, 5) is 33.1. The highest BCUT2D eigenvalue weighted by Crippen LogP contribution is 2.17. The monoisotopic (exact) mass is 308 g/mol. The number of carboxylic acid groups (broad SMARTS) is 1. The van der Waals surface area contributed by atoms with Crippen LogP contribution in [0.25, 0.3) is 0 Å². The Bertz CT molecular complexity index is 560. The molecular formula is C15H16O7. The van der Waals surface area contributed by atoms with Crippen molar-refractivity contribution >= 4 is 17.9 Å². The summed E-state index contributed by atoms with van der Waals surface area (Å²) in [7, 11) is 1.52. The van der Waals surface area contributed by atoms with Crippen LogP contribution in [0.2, 0.25) is 0 Å². The summed E-state index contributed by atoms with van der Waals surface area (Å²) in [5.74, 6) is -1.70. The van der Waals surface area contributed by atoms with Crippen molar-refractivity contribution in [1.29, 1.82) is 0 Å². The minimum absolute atomic E-state index is 0.154. The van der Waals surface area contributed by atoms with E-state index in [1.165, 1.54) is 14.0 Å². The average Bonchev–Trinajstić information content (AvgIpc) is 2.45. The summed E-state index contributed by atoms with van der Waals surface area (Å²) in [6.45, 7) is 1.50. The van der Waals surface area contributed by atoms with Crippen LogP contribution in [0.5, 0.6) is 11.5 Å². The van der Waals surface area contributed by atoms with Gasteiger partial charge in [0.2, 0.25) is 0 Å². The van der Waals surface area contributed by atoms with Gasteiger partial charge in [-0.15, -0.1) is 0 Å². The van der Waals surface area contributed by atoms with Crippen LogP contribution in [-0.2, 0) is 19.1 Å². The number of hydrogen-bond acceptors (Lipinski definition) is 6. The van der Waals surface area contributed by atoms with Crippen molar-refractivity contribution in [1.82, 2.24) is 0 Å². The summed E-state index contributed by atoms with van der Waals surface area (Å²) in [5, 5.41) is 8.37. The standard InChI is InChI=1S/C15H16O7/c1-10(21-14(18)8-7-13(16)17)9-15(19)22-12-5-3-11(20-2)4-6-12/h3-8,10H,9H2,1-2H3,(H,16,17)/b8-7+. The van der Waals surface area contributed by atoms with E-state index < -0.39 is 24.0 Å². The van der Waals surface area contributed by atoms with Crippen LogP contribution in [0.15, 0.2) is 36.4 Å². The SMILES string of the molecule is COc1ccc(OC(=O)CC(C)OC(=O)/C=C/C(=O)O)cc1. The van der Waals surface area contributed by atoms with Crippen LogP contribution < -0.4 is 9.47 Å². The highest BCUT2D eigenvalue weighted by molar-refractivity contribution is 5.90. The molecule has 0 aromatic heterocycles. The molecule has 1 unspecified atom stereocenters. The van der Waals surface area contributed by atoms with Crippen molar-refractivity contribution < 1.29 is 33.7 Å². The lowest BCUT2D eigenvalue weighted by atomic mass is 10.3. The van der Waals surface area contributed by atoms with Gasteiger partial charge in [0.25, 0.3) is 0 Å². The normalized spacial score (nSPS) is 11.7. The first kappa shape index (κ1) is 17.2. The number of carboxylic acids is 1. The molecule has 0 aliphatic carbocycles. The van der Waals surface area contributed by atoms with Crippen molar-refractivity contribution in [2.24, 2.45) is 0 Å². The van der Waals surface area contributed by atoms with Crippen LogP contribution in [-0.4, -0.2) is 36.2 Å². The number of hydrogen-bond donors (Lipinski definition) is 1. The van der Waals surface area contributed by atoms with Crippen LogP contribution in [0.4, 0.5) is 0 Å². The zero-order chi connectivity index (χ0) is 16.5. The largest absolute Gasteiger partial charge is 0.497 e. The molecule has 1 aromatic carbocycles. The summed E-state index contributed by atoms with van der Waals surface area (Å²) in [5.41, 5.74) is 0. The summed E-state index contributed by atoms with van der Waals surface area (Å²) in [6, 6.07) is 6.43. The van der Waals surface area contributed by atoms with E-state index in [-0.39, 0.29) is 6.42 Å². The van der Waals surface area contributed by atoms with E-state index in [0.717, 1.165) is 6.08 Å². The zero-order valence-corrected chi connectivity index (χ0v) is 12.1. The third kappa shape index (κ3) is 6.56. The molecule has 1 atom stereocenters. The van der Waals surface area contributed by atoms with Gasteiger partial charge in [0.1, 0.15) is 17.6 Å². The number of carbonyl (C=O) groups is 3. The lowest BCUT2D eigenvalue weighted by Gasteiger charge is -2.11. The van der Waals surface area contributed by atoms with Crippen LogP contribution in [0, 0.1) is 0 Å². The van der Waals surface area contributed by atoms with Gasteiger partial charge in [-0.2, -0.15) is 0 Å². The highest BCUT2D eigenvalue weighted by Gasteiger charge is 2.14. The molecule has 1 aromatic rings. The maximum atomic E-state index is 11.7. The lowest BCUT2D eigenvalue weighted by Crippen LogP contribution is -2.20. The summed E-state index contributed by atoms with van der Waals surface area (Å²) >= 11 is 0. The van der Waals surface area contributed by atoms with Gasteiger partial charge in [-0.25, -0.2) is 9.59 Å². The van der Waals surface area contributed by atoms with Gasteiger partial charge in [0.15, 0.2) is 0 Å². The molecule has 7 nitrogen and oxygen atoms in total. The highest BCUT2D eigenvalue weighted by atomic mass is 16.6. The van der Waals surface area contributed by atoms with Crippen LogP contribution >= 0.6 is 0 Å². The Labute approximate surface area is 127 Å². The Morgan fingerprint density at radius 2 is 1.73 bits per heavy atom. The van der Waals surface area contributed by atoms with Gasteiger partial charge in [-0.3, -0.25) is 4.79 Å². The lowest BCUT2D eigenvalue weighted by molar-refractivity contribution is -0.147. The number of carbonyl (C=O) groups excluding carboxylic acids is 2. The van der Waals surface area contributed by atoms with Crippen LogP contribution in [0.1, 0.15) is 13.3 Å².